The average Bonchev–Trinajstić information content (AvgIpc) is 2.37. The van der Waals surface area contributed by atoms with Gasteiger partial charge in [-0.3, -0.25) is 4.79 Å². The van der Waals surface area contributed by atoms with E-state index in [9.17, 15) is 9.59 Å². The Morgan fingerprint density at radius 3 is 2.58 bits per heavy atom. The molecule has 7 nitrogen and oxygen atoms in total. The Hall–Kier alpha value is -2.02. The number of nitrogens with zero attached hydrogens (tertiary/aromatic N) is 2. The molecule has 0 aliphatic heterocycles. The molecule has 104 valence electrons. The van der Waals surface area contributed by atoms with E-state index in [4.69, 9.17) is 17.3 Å². The van der Waals surface area contributed by atoms with Crippen molar-refractivity contribution in [2.24, 2.45) is 0 Å². The van der Waals surface area contributed by atoms with Gasteiger partial charge < -0.3 is 21.3 Å². The smallest absolute Gasteiger partial charge is 0.316 e. The number of rotatable bonds is 4. The van der Waals surface area contributed by atoms with E-state index < -0.39 is 0 Å². The van der Waals surface area contributed by atoms with Crippen molar-refractivity contribution in [2.45, 2.75) is 0 Å². The molecule has 0 aromatic carbocycles. The molecule has 0 aliphatic rings. The first kappa shape index (κ1) is 15.0. The number of pyridine rings is 1. The minimum atomic E-state index is -0.325. The minimum Gasteiger partial charge on any atom is -0.382 e. The molecular formula is C11H16ClN5O2. The lowest BCUT2D eigenvalue weighted by Crippen LogP contribution is -2.39. The molecule has 1 rings (SSSR count). The third-order valence-corrected chi connectivity index (χ3v) is 2.53. The van der Waals surface area contributed by atoms with Crippen LogP contribution in [0.15, 0.2) is 12.3 Å². The Balaban J connectivity index is 2.39. The summed E-state index contributed by atoms with van der Waals surface area (Å²) in [6, 6.07) is 1.23. The van der Waals surface area contributed by atoms with Crippen LogP contribution in [0.5, 0.6) is 0 Å². The van der Waals surface area contributed by atoms with E-state index >= 15 is 0 Å². The maximum absolute atomic E-state index is 11.7. The molecule has 19 heavy (non-hydrogen) atoms. The van der Waals surface area contributed by atoms with Gasteiger partial charge in [-0.1, -0.05) is 11.6 Å². The number of anilines is 1. The minimum absolute atomic E-state index is 0.177. The Morgan fingerprint density at radius 1 is 1.37 bits per heavy atom. The summed E-state index contributed by atoms with van der Waals surface area (Å²) in [5.41, 5.74) is 5.76. The molecule has 0 fully saturated rings. The summed E-state index contributed by atoms with van der Waals surface area (Å²) in [7, 11) is 3.27. The molecule has 3 amide bonds. The van der Waals surface area contributed by atoms with E-state index in [1.54, 1.807) is 14.1 Å². The molecule has 1 heterocycles. The topological polar surface area (TPSA) is 100 Å². The number of nitrogens with one attached hydrogen (secondary N) is 2. The Morgan fingerprint density at radius 2 is 2.00 bits per heavy atom. The van der Waals surface area contributed by atoms with Crippen LogP contribution in [0.1, 0.15) is 10.4 Å². The van der Waals surface area contributed by atoms with Crippen molar-refractivity contribution in [3.05, 3.63) is 22.8 Å². The molecule has 0 atom stereocenters. The third-order valence-electron chi connectivity index (χ3n) is 2.22. The molecule has 0 unspecified atom stereocenters. The zero-order valence-electron chi connectivity index (χ0n) is 10.7. The number of amides is 3. The average molecular weight is 286 g/mol. The van der Waals surface area contributed by atoms with Crippen LogP contribution < -0.4 is 16.4 Å². The Bertz CT molecular complexity index is 478. The van der Waals surface area contributed by atoms with Crippen LogP contribution in [0.3, 0.4) is 0 Å². The van der Waals surface area contributed by atoms with Crippen LogP contribution in [-0.2, 0) is 0 Å². The molecule has 0 spiro atoms. The van der Waals surface area contributed by atoms with Gasteiger partial charge in [-0.2, -0.15) is 0 Å². The van der Waals surface area contributed by atoms with Gasteiger partial charge in [0, 0.05) is 33.4 Å². The molecule has 0 radical (unpaired) electrons. The lowest BCUT2D eigenvalue weighted by molar-refractivity contribution is 0.0953. The van der Waals surface area contributed by atoms with E-state index in [1.807, 2.05) is 0 Å². The van der Waals surface area contributed by atoms with E-state index in [0.29, 0.717) is 18.7 Å². The normalized spacial score (nSPS) is 9.84. The lowest BCUT2D eigenvalue weighted by Gasteiger charge is -2.12. The second kappa shape index (κ2) is 6.79. The number of halogens is 1. The van der Waals surface area contributed by atoms with E-state index in [0.717, 1.165) is 0 Å². The largest absolute Gasteiger partial charge is 0.382 e. The van der Waals surface area contributed by atoms with Crippen molar-refractivity contribution >= 4 is 29.4 Å². The van der Waals surface area contributed by atoms with E-state index in [2.05, 4.69) is 15.6 Å². The summed E-state index contributed by atoms with van der Waals surface area (Å²) < 4.78 is 0. The molecule has 0 saturated heterocycles. The third kappa shape index (κ3) is 4.63. The van der Waals surface area contributed by atoms with Crippen molar-refractivity contribution in [2.75, 3.05) is 32.9 Å². The highest BCUT2D eigenvalue weighted by Gasteiger charge is 2.08. The van der Waals surface area contributed by atoms with Crippen LogP contribution in [0, 0.1) is 0 Å². The predicted octanol–water partition coefficient (Wildman–Crippen LogP) is 0.318. The van der Waals surface area contributed by atoms with Gasteiger partial charge in [0.15, 0.2) is 0 Å². The van der Waals surface area contributed by atoms with Gasteiger partial charge in [0.2, 0.25) is 0 Å². The van der Waals surface area contributed by atoms with Crippen molar-refractivity contribution in [1.29, 1.82) is 0 Å². The first-order valence-corrected chi connectivity index (χ1v) is 5.94. The van der Waals surface area contributed by atoms with E-state index in [-0.39, 0.29) is 22.8 Å². The highest BCUT2D eigenvalue weighted by Crippen LogP contribution is 2.16. The first-order chi connectivity index (χ1) is 8.91. The second-order valence-electron chi connectivity index (χ2n) is 3.97. The molecule has 8 heteroatoms. The highest BCUT2D eigenvalue weighted by molar-refractivity contribution is 6.33. The quantitative estimate of drug-likeness (QED) is 0.694. The number of carbonyl (C=O) groups is 2. The Kier molecular flexibility index (Phi) is 5.37. The monoisotopic (exact) mass is 285 g/mol. The zero-order chi connectivity index (χ0) is 14.4. The molecule has 0 saturated carbocycles. The highest BCUT2D eigenvalue weighted by atomic mass is 35.5. The first-order valence-electron chi connectivity index (χ1n) is 5.56. The number of carbonyl (C=O) groups excluding carboxylic acids is 2. The van der Waals surface area contributed by atoms with Gasteiger partial charge in [0.25, 0.3) is 5.91 Å². The number of hydrogen-bond donors (Lipinski definition) is 3. The second-order valence-corrected chi connectivity index (χ2v) is 4.38. The zero-order valence-corrected chi connectivity index (χ0v) is 11.5. The van der Waals surface area contributed by atoms with Crippen molar-refractivity contribution < 1.29 is 9.59 Å². The van der Waals surface area contributed by atoms with Crippen molar-refractivity contribution in [3.8, 4) is 0 Å². The maximum Gasteiger partial charge on any atom is 0.316 e. The standard InChI is InChI=1S/C11H16ClN5O2/c1-17(2)11(19)15-4-3-14-10(18)7-5-8(12)9(13)16-6-7/h5-6H,3-4H2,1-2H3,(H2,13,16)(H,14,18)(H,15,19). The SMILES string of the molecule is CN(C)C(=O)NCCNC(=O)c1cnc(N)c(Cl)c1. The summed E-state index contributed by atoms with van der Waals surface area (Å²) in [6.07, 6.45) is 1.34. The van der Waals surface area contributed by atoms with Gasteiger partial charge in [0.1, 0.15) is 5.82 Å². The summed E-state index contributed by atoms with van der Waals surface area (Å²) in [5, 5.41) is 5.48. The molecule has 0 bridgehead atoms. The van der Waals surface area contributed by atoms with Gasteiger partial charge >= 0.3 is 6.03 Å². The number of nitrogens with two attached hydrogens (primary N) is 1. The van der Waals surface area contributed by atoms with Crippen molar-refractivity contribution in [1.82, 2.24) is 20.5 Å². The van der Waals surface area contributed by atoms with Gasteiger partial charge in [-0.25, -0.2) is 9.78 Å². The number of aromatic nitrogens is 1. The summed E-state index contributed by atoms with van der Waals surface area (Å²) in [4.78, 5) is 28.1. The number of urea groups is 1. The fourth-order valence-electron chi connectivity index (χ4n) is 1.18. The number of hydrogen-bond acceptors (Lipinski definition) is 4. The lowest BCUT2D eigenvalue weighted by atomic mass is 10.2. The number of nitrogen functional groups attached to an aromatic ring is 1. The molecule has 0 aliphatic carbocycles. The summed E-state index contributed by atoms with van der Waals surface area (Å²) in [6.45, 7) is 0.638. The van der Waals surface area contributed by atoms with Gasteiger partial charge in [-0.15, -0.1) is 0 Å². The molecule has 1 aromatic heterocycles. The maximum atomic E-state index is 11.7. The van der Waals surface area contributed by atoms with Crippen LogP contribution in [0.2, 0.25) is 5.02 Å². The van der Waals surface area contributed by atoms with Crippen LogP contribution in [0.25, 0.3) is 0 Å². The predicted molar refractivity (Wildman–Crippen MR) is 73.1 cm³/mol. The van der Waals surface area contributed by atoms with Crippen LogP contribution in [0.4, 0.5) is 10.6 Å². The molecular weight excluding hydrogens is 270 g/mol. The molecule has 1 aromatic rings. The summed E-state index contributed by atoms with van der Waals surface area (Å²) >= 11 is 5.77. The van der Waals surface area contributed by atoms with Crippen LogP contribution in [-0.4, -0.2) is 49.0 Å². The fraction of sp³-hybridized carbons (Fsp3) is 0.364. The summed E-state index contributed by atoms with van der Waals surface area (Å²) in [5.74, 6) is -0.148. The fourth-order valence-corrected chi connectivity index (χ4v) is 1.34. The molecule has 4 N–H and O–H groups in total. The van der Waals surface area contributed by atoms with Crippen molar-refractivity contribution in [3.63, 3.8) is 0 Å². The van der Waals surface area contributed by atoms with Gasteiger partial charge in [0.05, 0.1) is 10.6 Å². The van der Waals surface area contributed by atoms with E-state index in [1.165, 1.54) is 17.2 Å². The van der Waals surface area contributed by atoms with Crippen LogP contribution >= 0.6 is 11.6 Å². The van der Waals surface area contributed by atoms with Gasteiger partial charge in [-0.05, 0) is 6.07 Å². The Labute approximate surface area is 116 Å².